The van der Waals surface area contributed by atoms with Crippen LogP contribution in [-0.4, -0.2) is 30.8 Å². The summed E-state index contributed by atoms with van der Waals surface area (Å²) in [6.07, 6.45) is 4.02. The second kappa shape index (κ2) is 5.53. The van der Waals surface area contributed by atoms with Crippen molar-refractivity contribution < 1.29 is 9.53 Å². The minimum atomic E-state index is -0.410. The first-order chi connectivity index (χ1) is 7.40. The predicted molar refractivity (Wildman–Crippen MR) is 64.5 cm³/mol. The Labute approximate surface area is 98.1 Å². The third-order valence-corrected chi connectivity index (χ3v) is 2.86. The minimum Gasteiger partial charge on any atom is -0.444 e. The summed E-state index contributed by atoms with van der Waals surface area (Å²) in [6, 6.07) is 0.885. The zero-order valence-corrected chi connectivity index (χ0v) is 10.8. The summed E-state index contributed by atoms with van der Waals surface area (Å²) >= 11 is 0. The van der Waals surface area contributed by atoms with Crippen LogP contribution in [0.2, 0.25) is 0 Å². The van der Waals surface area contributed by atoms with Crippen LogP contribution in [0.3, 0.4) is 0 Å². The first-order valence-electron chi connectivity index (χ1n) is 6.07. The van der Waals surface area contributed by atoms with Crippen LogP contribution >= 0.6 is 0 Å². The fraction of sp³-hybridized carbons (Fsp3) is 0.917. The van der Waals surface area contributed by atoms with Crippen molar-refractivity contribution in [1.82, 2.24) is 10.6 Å². The van der Waals surface area contributed by atoms with E-state index in [1.807, 2.05) is 27.8 Å². The zero-order valence-electron chi connectivity index (χ0n) is 10.8. The Bertz CT molecular complexity index is 228. The number of nitrogens with one attached hydrogen (secondary N) is 2. The molecule has 0 spiro atoms. The van der Waals surface area contributed by atoms with Crippen LogP contribution in [0.4, 0.5) is 4.79 Å². The lowest BCUT2D eigenvalue weighted by Crippen LogP contribution is -2.43. The van der Waals surface area contributed by atoms with E-state index in [9.17, 15) is 4.79 Å². The zero-order chi connectivity index (χ0) is 12.2. The van der Waals surface area contributed by atoms with Crippen LogP contribution in [0.15, 0.2) is 0 Å². The van der Waals surface area contributed by atoms with Crippen LogP contribution in [0.1, 0.15) is 46.5 Å². The Balaban J connectivity index is 2.26. The van der Waals surface area contributed by atoms with Gasteiger partial charge in [0.1, 0.15) is 5.60 Å². The van der Waals surface area contributed by atoms with E-state index >= 15 is 0 Å². The summed E-state index contributed by atoms with van der Waals surface area (Å²) < 4.78 is 5.23. The maximum Gasteiger partial charge on any atom is 0.407 e. The molecule has 0 aromatic heterocycles. The number of ether oxygens (including phenoxy) is 1. The van der Waals surface area contributed by atoms with Gasteiger partial charge in [0.2, 0.25) is 0 Å². The molecule has 1 aliphatic carbocycles. The number of hydrogen-bond acceptors (Lipinski definition) is 3. The molecule has 4 heteroatoms. The predicted octanol–water partition coefficient (Wildman–Crippen LogP) is 2.04. The van der Waals surface area contributed by atoms with Gasteiger partial charge in [0.05, 0.1) is 0 Å². The molecule has 0 heterocycles. The molecule has 0 saturated heterocycles. The summed E-state index contributed by atoms with van der Waals surface area (Å²) in [5, 5.41) is 6.20. The average Bonchev–Trinajstić information content (AvgIpc) is 2.16. The van der Waals surface area contributed by atoms with Crippen molar-refractivity contribution in [2.24, 2.45) is 0 Å². The van der Waals surface area contributed by atoms with Gasteiger partial charge in [0.25, 0.3) is 0 Å². The van der Waals surface area contributed by atoms with E-state index in [2.05, 4.69) is 10.6 Å². The highest BCUT2D eigenvalue weighted by Gasteiger charge is 2.23. The van der Waals surface area contributed by atoms with Crippen LogP contribution in [0, 0.1) is 0 Å². The molecular formula is C12H24N2O2. The van der Waals surface area contributed by atoms with Gasteiger partial charge in [0, 0.05) is 12.1 Å². The molecule has 0 atom stereocenters. The molecule has 0 radical (unpaired) electrons. The Kier molecular flexibility index (Phi) is 4.59. The van der Waals surface area contributed by atoms with Crippen molar-refractivity contribution in [3.63, 3.8) is 0 Å². The molecule has 94 valence electrons. The van der Waals surface area contributed by atoms with E-state index in [0.717, 1.165) is 25.7 Å². The molecule has 2 N–H and O–H groups in total. The number of hydrogen-bond donors (Lipinski definition) is 2. The second-order valence-electron chi connectivity index (χ2n) is 5.48. The van der Waals surface area contributed by atoms with E-state index in [1.165, 1.54) is 0 Å². The maximum atomic E-state index is 11.5. The molecule has 16 heavy (non-hydrogen) atoms. The number of carbonyl (C=O) groups excluding carboxylic acids is 1. The Morgan fingerprint density at radius 3 is 2.06 bits per heavy atom. The summed E-state index contributed by atoms with van der Waals surface area (Å²) in [7, 11) is 1.99. The molecule has 0 aliphatic heterocycles. The molecule has 1 fully saturated rings. The van der Waals surface area contributed by atoms with Crippen molar-refractivity contribution in [3.05, 3.63) is 0 Å². The Hall–Kier alpha value is -0.770. The van der Waals surface area contributed by atoms with E-state index in [1.54, 1.807) is 0 Å². The number of amides is 1. The lowest BCUT2D eigenvalue weighted by atomic mass is 9.91. The topological polar surface area (TPSA) is 50.4 Å². The first-order valence-corrected chi connectivity index (χ1v) is 6.07. The van der Waals surface area contributed by atoms with E-state index in [0.29, 0.717) is 6.04 Å². The molecular weight excluding hydrogens is 204 g/mol. The Morgan fingerprint density at radius 2 is 1.62 bits per heavy atom. The summed E-state index contributed by atoms with van der Waals surface area (Å²) in [5.41, 5.74) is -0.410. The molecule has 1 aliphatic rings. The van der Waals surface area contributed by atoms with Crippen LogP contribution < -0.4 is 10.6 Å². The third-order valence-electron chi connectivity index (χ3n) is 2.86. The fourth-order valence-electron chi connectivity index (χ4n) is 2.00. The van der Waals surface area contributed by atoms with Crippen molar-refractivity contribution >= 4 is 6.09 Å². The monoisotopic (exact) mass is 228 g/mol. The summed E-state index contributed by atoms with van der Waals surface area (Å²) in [5.74, 6) is 0. The van der Waals surface area contributed by atoms with Crippen LogP contribution in [0.5, 0.6) is 0 Å². The van der Waals surface area contributed by atoms with Crippen molar-refractivity contribution in [2.45, 2.75) is 64.1 Å². The number of rotatable bonds is 2. The van der Waals surface area contributed by atoms with Crippen LogP contribution in [0.25, 0.3) is 0 Å². The van der Waals surface area contributed by atoms with E-state index in [4.69, 9.17) is 4.74 Å². The van der Waals surface area contributed by atoms with Crippen molar-refractivity contribution in [2.75, 3.05) is 7.05 Å². The quantitative estimate of drug-likeness (QED) is 0.760. The fourth-order valence-corrected chi connectivity index (χ4v) is 2.00. The van der Waals surface area contributed by atoms with Gasteiger partial charge in [-0.05, 0) is 53.5 Å². The van der Waals surface area contributed by atoms with E-state index in [-0.39, 0.29) is 12.1 Å². The van der Waals surface area contributed by atoms with Gasteiger partial charge in [-0.2, -0.15) is 0 Å². The molecule has 1 amide bonds. The molecule has 1 saturated carbocycles. The number of carbonyl (C=O) groups is 1. The minimum absolute atomic E-state index is 0.277. The second-order valence-corrected chi connectivity index (χ2v) is 5.48. The largest absolute Gasteiger partial charge is 0.444 e. The highest BCUT2D eigenvalue weighted by molar-refractivity contribution is 5.68. The van der Waals surface area contributed by atoms with Gasteiger partial charge < -0.3 is 15.4 Å². The lowest BCUT2D eigenvalue weighted by Gasteiger charge is -2.29. The molecule has 1 rings (SSSR count). The average molecular weight is 228 g/mol. The van der Waals surface area contributed by atoms with Gasteiger partial charge >= 0.3 is 6.09 Å². The summed E-state index contributed by atoms with van der Waals surface area (Å²) in [4.78, 5) is 11.5. The number of alkyl carbamates (subject to hydrolysis) is 1. The summed E-state index contributed by atoms with van der Waals surface area (Å²) in [6.45, 7) is 5.64. The van der Waals surface area contributed by atoms with Crippen molar-refractivity contribution in [1.29, 1.82) is 0 Å². The Morgan fingerprint density at radius 1 is 1.12 bits per heavy atom. The standard InChI is InChI=1S/C12H24N2O2/c1-12(2,3)16-11(15)14-10-7-5-9(13-4)6-8-10/h9-10,13H,5-8H2,1-4H3,(H,14,15)/t9-,10-. The smallest absolute Gasteiger partial charge is 0.407 e. The molecule has 4 nitrogen and oxygen atoms in total. The molecule has 0 bridgehead atoms. The van der Waals surface area contributed by atoms with E-state index < -0.39 is 5.60 Å². The first kappa shape index (κ1) is 13.3. The molecule has 0 unspecified atom stereocenters. The van der Waals surface area contributed by atoms with Crippen LogP contribution in [-0.2, 0) is 4.74 Å². The van der Waals surface area contributed by atoms with Gasteiger partial charge in [-0.15, -0.1) is 0 Å². The van der Waals surface area contributed by atoms with Gasteiger partial charge in [-0.1, -0.05) is 0 Å². The normalized spacial score (nSPS) is 26.2. The highest BCUT2D eigenvalue weighted by atomic mass is 16.6. The van der Waals surface area contributed by atoms with Gasteiger partial charge in [-0.3, -0.25) is 0 Å². The highest BCUT2D eigenvalue weighted by Crippen LogP contribution is 2.18. The SMILES string of the molecule is CN[C@H]1CC[C@H](NC(=O)OC(C)(C)C)CC1. The molecule has 0 aromatic carbocycles. The van der Waals surface area contributed by atoms with Gasteiger partial charge in [-0.25, -0.2) is 4.79 Å². The maximum absolute atomic E-state index is 11.5. The third kappa shape index (κ3) is 4.84. The van der Waals surface area contributed by atoms with Gasteiger partial charge in [0.15, 0.2) is 0 Å². The van der Waals surface area contributed by atoms with Crippen molar-refractivity contribution in [3.8, 4) is 0 Å². The molecule has 0 aromatic rings. The lowest BCUT2D eigenvalue weighted by molar-refractivity contribution is 0.0490.